The molecule has 1 unspecified atom stereocenters. The van der Waals surface area contributed by atoms with Gasteiger partial charge in [-0.3, -0.25) is 0 Å². The molecule has 0 bridgehead atoms. The molecule has 0 aromatic carbocycles. The van der Waals surface area contributed by atoms with E-state index in [0.29, 0.717) is 17.9 Å². The lowest BCUT2D eigenvalue weighted by Gasteiger charge is -2.21. The lowest BCUT2D eigenvalue weighted by atomic mass is 10.1. The van der Waals surface area contributed by atoms with E-state index in [4.69, 9.17) is 0 Å². The molecule has 0 spiro atoms. The van der Waals surface area contributed by atoms with Gasteiger partial charge < -0.3 is 15.5 Å². The summed E-state index contributed by atoms with van der Waals surface area (Å²) in [4.78, 5) is 15.6. The number of nitrogens with one attached hydrogen (secondary N) is 2. The summed E-state index contributed by atoms with van der Waals surface area (Å²) in [7, 11) is 1.84. The minimum Gasteiger partial charge on any atom is -0.357 e. The summed E-state index contributed by atoms with van der Waals surface area (Å²) in [6, 6.07) is 0.453. The molecule has 6 heteroatoms. The van der Waals surface area contributed by atoms with E-state index in [-0.39, 0.29) is 0 Å². The van der Waals surface area contributed by atoms with Crippen molar-refractivity contribution in [3.8, 4) is 0 Å². The summed E-state index contributed by atoms with van der Waals surface area (Å²) in [6.07, 6.45) is 5.07. The van der Waals surface area contributed by atoms with Crippen molar-refractivity contribution >= 4 is 17.8 Å². The predicted molar refractivity (Wildman–Crippen MR) is 88.0 cm³/mol. The highest BCUT2D eigenvalue weighted by Gasteiger charge is 2.25. The molecule has 1 aliphatic carbocycles. The maximum absolute atomic E-state index is 4.59. The van der Waals surface area contributed by atoms with Gasteiger partial charge in [-0.1, -0.05) is 19.8 Å². The third-order valence-corrected chi connectivity index (χ3v) is 4.03. The number of aromatic nitrogens is 3. The number of anilines is 3. The van der Waals surface area contributed by atoms with E-state index in [2.05, 4.69) is 51.3 Å². The van der Waals surface area contributed by atoms with Gasteiger partial charge in [0.1, 0.15) is 0 Å². The highest BCUT2D eigenvalue weighted by atomic mass is 15.3. The van der Waals surface area contributed by atoms with Crippen molar-refractivity contribution in [1.82, 2.24) is 15.0 Å². The third kappa shape index (κ3) is 4.44. The topological polar surface area (TPSA) is 66.0 Å². The van der Waals surface area contributed by atoms with Crippen LogP contribution >= 0.6 is 0 Å². The molecule has 2 N–H and O–H groups in total. The van der Waals surface area contributed by atoms with Crippen LogP contribution in [0, 0.1) is 5.92 Å². The van der Waals surface area contributed by atoms with Gasteiger partial charge in [-0.05, 0) is 32.6 Å². The van der Waals surface area contributed by atoms with Crippen LogP contribution in [0.15, 0.2) is 0 Å². The molecule has 0 saturated heterocycles. The molecule has 21 heavy (non-hydrogen) atoms. The van der Waals surface area contributed by atoms with Crippen LogP contribution < -0.4 is 15.5 Å². The molecule has 1 aromatic rings. The van der Waals surface area contributed by atoms with Crippen LogP contribution in [0.5, 0.6) is 0 Å². The Hall–Kier alpha value is -1.59. The number of hydrogen-bond acceptors (Lipinski definition) is 6. The van der Waals surface area contributed by atoms with Crippen molar-refractivity contribution in [2.45, 2.75) is 52.5 Å². The lowest BCUT2D eigenvalue weighted by Crippen LogP contribution is -2.27. The van der Waals surface area contributed by atoms with Gasteiger partial charge in [-0.15, -0.1) is 0 Å². The average Bonchev–Trinajstić information content (AvgIpc) is 3.31. The first-order chi connectivity index (χ1) is 10.2. The molecule has 0 radical (unpaired) electrons. The van der Waals surface area contributed by atoms with E-state index in [0.717, 1.165) is 31.4 Å². The third-order valence-electron chi connectivity index (χ3n) is 4.03. The molecular formula is C15H28N6. The van der Waals surface area contributed by atoms with E-state index in [9.17, 15) is 0 Å². The standard InChI is InChI=1S/C15H28N6/c1-5-12(10-11-8-9-11)17-14-18-13(16-4)19-15(20-14)21(6-2)7-3/h11-12H,5-10H2,1-4H3,(H2,16,17,18,19,20). The minimum atomic E-state index is 0.453. The predicted octanol–water partition coefficient (Wildman–Crippen LogP) is 2.75. The smallest absolute Gasteiger partial charge is 0.231 e. The maximum Gasteiger partial charge on any atom is 0.231 e. The lowest BCUT2D eigenvalue weighted by molar-refractivity contribution is 0.582. The number of rotatable bonds is 9. The maximum atomic E-state index is 4.59. The van der Waals surface area contributed by atoms with Crippen molar-refractivity contribution in [3.63, 3.8) is 0 Å². The van der Waals surface area contributed by atoms with E-state index in [1.54, 1.807) is 0 Å². The summed E-state index contributed by atoms with van der Waals surface area (Å²) in [5.41, 5.74) is 0. The zero-order valence-corrected chi connectivity index (χ0v) is 13.7. The fourth-order valence-electron chi connectivity index (χ4n) is 2.46. The zero-order chi connectivity index (χ0) is 15.2. The number of nitrogens with zero attached hydrogens (tertiary/aromatic N) is 4. The van der Waals surface area contributed by atoms with Crippen LogP contribution in [0.1, 0.15) is 46.5 Å². The molecule has 0 aliphatic heterocycles. The molecule has 1 fully saturated rings. The van der Waals surface area contributed by atoms with Gasteiger partial charge in [0, 0.05) is 26.2 Å². The van der Waals surface area contributed by atoms with Gasteiger partial charge in [0.15, 0.2) is 0 Å². The largest absolute Gasteiger partial charge is 0.357 e. The van der Waals surface area contributed by atoms with Gasteiger partial charge in [0.05, 0.1) is 0 Å². The first kappa shape index (κ1) is 15.8. The van der Waals surface area contributed by atoms with Crippen molar-refractivity contribution in [3.05, 3.63) is 0 Å². The monoisotopic (exact) mass is 292 g/mol. The van der Waals surface area contributed by atoms with Crippen molar-refractivity contribution in [1.29, 1.82) is 0 Å². The summed E-state index contributed by atoms with van der Waals surface area (Å²) >= 11 is 0. The van der Waals surface area contributed by atoms with Crippen molar-refractivity contribution in [2.75, 3.05) is 35.7 Å². The van der Waals surface area contributed by atoms with Crippen LogP contribution in [-0.4, -0.2) is 41.1 Å². The molecule has 2 rings (SSSR count). The molecular weight excluding hydrogens is 264 g/mol. The Labute approximate surface area is 127 Å². The van der Waals surface area contributed by atoms with Crippen LogP contribution in [0.25, 0.3) is 0 Å². The fourth-order valence-corrected chi connectivity index (χ4v) is 2.46. The molecule has 1 atom stereocenters. The van der Waals surface area contributed by atoms with Crippen LogP contribution in [0.3, 0.4) is 0 Å². The molecule has 0 amide bonds. The first-order valence-corrected chi connectivity index (χ1v) is 8.15. The van der Waals surface area contributed by atoms with Crippen LogP contribution in [-0.2, 0) is 0 Å². The normalized spacial score (nSPS) is 15.6. The summed E-state index contributed by atoms with van der Waals surface area (Å²) < 4.78 is 0. The van der Waals surface area contributed by atoms with Crippen LogP contribution in [0.2, 0.25) is 0 Å². The Kier molecular flexibility index (Phi) is 5.59. The van der Waals surface area contributed by atoms with Crippen molar-refractivity contribution in [2.24, 2.45) is 5.92 Å². The summed E-state index contributed by atoms with van der Waals surface area (Å²) in [5, 5.41) is 6.52. The SMILES string of the molecule is CCC(CC1CC1)Nc1nc(NC)nc(N(CC)CC)n1. The van der Waals surface area contributed by atoms with Crippen molar-refractivity contribution < 1.29 is 0 Å². The van der Waals surface area contributed by atoms with E-state index < -0.39 is 0 Å². The fraction of sp³-hybridized carbons (Fsp3) is 0.800. The highest BCUT2D eigenvalue weighted by Crippen LogP contribution is 2.34. The molecule has 1 saturated carbocycles. The van der Waals surface area contributed by atoms with Gasteiger partial charge in [-0.25, -0.2) is 0 Å². The molecule has 6 nitrogen and oxygen atoms in total. The minimum absolute atomic E-state index is 0.453. The quantitative estimate of drug-likeness (QED) is 0.729. The van der Waals surface area contributed by atoms with E-state index >= 15 is 0 Å². The Bertz CT molecular complexity index is 442. The highest BCUT2D eigenvalue weighted by molar-refractivity contribution is 5.43. The second-order valence-corrected chi connectivity index (χ2v) is 5.63. The van der Waals surface area contributed by atoms with Gasteiger partial charge >= 0.3 is 0 Å². The first-order valence-electron chi connectivity index (χ1n) is 8.15. The van der Waals surface area contributed by atoms with Gasteiger partial charge in [0.2, 0.25) is 17.8 Å². The molecule has 118 valence electrons. The Morgan fingerprint density at radius 1 is 1.10 bits per heavy atom. The summed E-state index contributed by atoms with van der Waals surface area (Å²) in [6.45, 7) is 8.22. The second-order valence-electron chi connectivity index (χ2n) is 5.63. The van der Waals surface area contributed by atoms with Crippen LogP contribution in [0.4, 0.5) is 17.8 Å². The Morgan fingerprint density at radius 3 is 2.29 bits per heavy atom. The zero-order valence-electron chi connectivity index (χ0n) is 13.7. The second kappa shape index (κ2) is 7.43. The van der Waals surface area contributed by atoms with E-state index in [1.165, 1.54) is 19.3 Å². The molecule has 1 aliphatic rings. The molecule has 1 heterocycles. The summed E-state index contributed by atoms with van der Waals surface area (Å²) in [5.74, 6) is 2.94. The Balaban J connectivity index is 2.14. The van der Waals surface area contributed by atoms with Gasteiger partial charge in [0.25, 0.3) is 0 Å². The van der Waals surface area contributed by atoms with E-state index in [1.807, 2.05) is 7.05 Å². The number of hydrogen-bond donors (Lipinski definition) is 2. The molecule has 1 aromatic heterocycles. The van der Waals surface area contributed by atoms with Gasteiger partial charge in [-0.2, -0.15) is 15.0 Å². The Morgan fingerprint density at radius 2 is 1.76 bits per heavy atom. The average molecular weight is 292 g/mol.